The number of hydrogen-bond acceptors (Lipinski definition) is 8. The molecule has 88 valence electrons. The fourth-order valence-corrected chi connectivity index (χ4v) is 2.87. The van der Waals surface area contributed by atoms with Gasteiger partial charge in [-0.25, -0.2) is 4.98 Å². The second-order valence-corrected chi connectivity index (χ2v) is 5.48. The Morgan fingerprint density at radius 1 is 1.47 bits per heavy atom. The van der Waals surface area contributed by atoms with Gasteiger partial charge in [0.1, 0.15) is 15.9 Å². The predicted molar refractivity (Wildman–Crippen MR) is 64.1 cm³/mol. The summed E-state index contributed by atoms with van der Waals surface area (Å²) in [5, 5.41) is 19.7. The number of hydrogen-bond donors (Lipinski definition) is 1. The summed E-state index contributed by atoms with van der Waals surface area (Å²) in [5.74, 6) is 0.114. The minimum Gasteiger partial charge on any atom is -0.383 e. The highest BCUT2D eigenvalue weighted by atomic mass is 32.2. The van der Waals surface area contributed by atoms with E-state index >= 15 is 0 Å². The normalized spacial score (nSPS) is 10.4. The number of aromatic nitrogens is 3. The standard InChI is InChI=1S/C8H7N5O2S2/c1-4-11-12-8(16-4)17-7-3-5(13(14)15)2-6(9)10-7/h2-3H,1H3,(H2,9,10). The molecule has 9 heteroatoms. The summed E-state index contributed by atoms with van der Waals surface area (Å²) in [6.45, 7) is 1.83. The van der Waals surface area contributed by atoms with Crippen molar-refractivity contribution in [3.63, 3.8) is 0 Å². The van der Waals surface area contributed by atoms with Gasteiger partial charge in [0.15, 0.2) is 4.34 Å². The Kier molecular flexibility index (Phi) is 3.20. The highest BCUT2D eigenvalue weighted by molar-refractivity contribution is 8.01. The summed E-state index contributed by atoms with van der Waals surface area (Å²) in [6.07, 6.45) is 0. The van der Waals surface area contributed by atoms with E-state index in [1.165, 1.54) is 35.2 Å². The molecule has 7 nitrogen and oxygen atoms in total. The molecule has 2 aromatic heterocycles. The van der Waals surface area contributed by atoms with Crippen molar-refractivity contribution >= 4 is 34.6 Å². The van der Waals surface area contributed by atoms with Crippen molar-refractivity contribution in [2.75, 3.05) is 5.73 Å². The molecule has 2 N–H and O–H groups in total. The number of anilines is 1. The van der Waals surface area contributed by atoms with Crippen molar-refractivity contribution in [1.29, 1.82) is 0 Å². The molecule has 2 aromatic rings. The van der Waals surface area contributed by atoms with Gasteiger partial charge in [0.2, 0.25) is 0 Å². The zero-order valence-corrected chi connectivity index (χ0v) is 10.3. The lowest BCUT2D eigenvalue weighted by Gasteiger charge is -1.98. The van der Waals surface area contributed by atoms with Crippen LogP contribution < -0.4 is 5.73 Å². The number of nitro groups is 1. The number of aryl methyl sites for hydroxylation is 1. The Hall–Kier alpha value is -1.74. The van der Waals surface area contributed by atoms with Crippen LogP contribution in [-0.2, 0) is 0 Å². The molecule has 0 radical (unpaired) electrons. The fourth-order valence-electron chi connectivity index (χ4n) is 1.08. The molecule has 0 aliphatic heterocycles. The lowest BCUT2D eigenvalue weighted by Crippen LogP contribution is -1.95. The number of rotatable bonds is 3. The van der Waals surface area contributed by atoms with Crippen LogP contribution in [0.15, 0.2) is 21.5 Å². The second-order valence-electron chi connectivity index (χ2n) is 3.03. The van der Waals surface area contributed by atoms with Gasteiger partial charge in [-0.05, 0) is 18.7 Å². The van der Waals surface area contributed by atoms with Gasteiger partial charge >= 0.3 is 0 Å². The maximum atomic E-state index is 10.6. The maximum Gasteiger partial charge on any atom is 0.275 e. The molecule has 0 aromatic carbocycles. The molecule has 0 saturated carbocycles. The molecule has 17 heavy (non-hydrogen) atoms. The Balaban J connectivity index is 2.29. The molecule has 2 heterocycles. The summed E-state index contributed by atoms with van der Waals surface area (Å²) < 4.78 is 0.676. The van der Waals surface area contributed by atoms with E-state index in [1.807, 2.05) is 6.92 Å². The fraction of sp³-hybridized carbons (Fsp3) is 0.125. The van der Waals surface area contributed by atoms with E-state index in [0.717, 1.165) is 5.01 Å². The molecule has 0 spiro atoms. The first-order chi connectivity index (χ1) is 8.04. The topological polar surface area (TPSA) is 108 Å². The Morgan fingerprint density at radius 3 is 2.82 bits per heavy atom. The highest BCUT2D eigenvalue weighted by Gasteiger charge is 2.12. The summed E-state index contributed by atoms with van der Waals surface area (Å²) in [5.41, 5.74) is 5.41. The Labute approximate surface area is 104 Å². The molecule has 0 aliphatic rings. The largest absolute Gasteiger partial charge is 0.383 e. The van der Waals surface area contributed by atoms with Crippen LogP contribution in [0.2, 0.25) is 0 Å². The van der Waals surface area contributed by atoms with Gasteiger partial charge in [-0.1, -0.05) is 11.3 Å². The quantitative estimate of drug-likeness (QED) is 0.669. The number of nitrogen functional groups attached to an aromatic ring is 1. The van der Waals surface area contributed by atoms with Gasteiger partial charge < -0.3 is 5.73 Å². The van der Waals surface area contributed by atoms with Crippen molar-refractivity contribution in [3.8, 4) is 0 Å². The first-order valence-electron chi connectivity index (χ1n) is 4.44. The monoisotopic (exact) mass is 269 g/mol. The lowest BCUT2D eigenvalue weighted by molar-refractivity contribution is -0.385. The second kappa shape index (κ2) is 4.63. The zero-order chi connectivity index (χ0) is 12.4. The van der Waals surface area contributed by atoms with E-state index in [0.29, 0.717) is 9.37 Å². The van der Waals surface area contributed by atoms with Crippen LogP contribution in [0, 0.1) is 17.0 Å². The molecule has 0 fully saturated rings. The van der Waals surface area contributed by atoms with Gasteiger partial charge in [-0.2, -0.15) is 0 Å². The summed E-state index contributed by atoms with van der Waals surface area (Å²) in [7, 11) is 0. The minimum atomic E-state index is -0.506. The molecule has 0 saturated heterocycles. The molecule has 2 rings (SSSR count). The SMILES string of the molecule is Cc1nnc(Sc2cc([N+](=O)[O-])cc(N)n2)s1. The number of nitrogens with two attached hydrogens (primary N) is 1. The molecular weight excluding hydrogens is 262 g/mol. The highest BCUT2D eigenvalue weighted by Crippen LogP contribution is 2.31. The van der Waals surface area contributed by atoms with Gasteiger partial charge in [0.25, 0.3) is 5.69 Å². The molecule has 0 atom stereocenters. The first-order valence-corrected chi connectivity index (χ1v) is 6.08. The number of pyridine rings is 1. The van der Waals surface area contributed by atoms with Crippen LogP contribution in [0.25, 0.3) is 0 Å². The van der Waals surface area contributed by atoms with Gasteiger partial charge in [0.05, 0.1) is 11.0 Å². The summed E-state index contributed by atoms with van der Waals surface area (Å²) in [6, 6.07) is 2.58. The first kappa shape index (κ1) is 11.7. The molecule has 0 aliphatic carbocycles. The number of nitrogens with zero attached hydrogens (tertiary/aromatic N) is 4. The van der Waals surface area contributed by atoms with Crippen molar-refractivity contribution in [2.24, 2.45) is 0 Å². The van der Waals surface area contributed by atoms with Crippen molar-refractivity contribution in [1.82, 2.24) is 15.2 Å². The average Bonchev–Trinajstić information content (AvgIpc) is 2.63. The van der Waals surface area contributed by atoms with Crippen molar-refractivity contribution in [3.05, 3.63) is 27.3 Å². The minimum absolute atomic E-state index is 0.0822. The van der Waals surface area contributed by atoms with E-state index in [4.69, 9.17) is 5.73 Å². The third-order valence-electron chi connectivity index (χ3n) is 1.72. The summed E-state index contributed by atoms with van der Waals surface area (Å²) >= 11 is 2.60. The van der Waals surface area contributed by atoms with E-state index in [1.54, 1.807) is 0 Å². The smallest absolute Gasteiger partial charge is 0.275 e. The van der Waals surface area contributed by atoms with Gasteiger partial charge in [0, 0.05) is 6.07 Å². The van der Waals surface area contributed by atoms with Crippen LogP contribution in [0.5, 0.6) is 0 Å². The van der Waals surface area contributed by atoms with E-state index in [-0.39, 0.29) is 11.5 Å². The van der Waals surface area contributed by atoms with E-state index in [2.05, 4.69) is 15.2 Å². The average molecular weight is 269 g/mol. The third kappa shape index (κ3) is 2.88. The summed E-state index contributed by atoms with van der Waals surface area (Å²) in [4.78, 5) is 14.1. The van der Waals surface area contributed by atoms with Crippen LogP contribution in [-0.4, -0.2) is 20.1 Å². The van der Waals surface area contributed by atoms with Gasteiger partial charge in [-0.3, -0.25) is 10.1 Å². The zero-order valence-electron chi connectivity index (χ0n) is 8.65. The van der Waals surface area contributed by atoms with Crippen LogP contribution in [0.4, 0.5) is 11.5 Å². The van der Waals surface area contributed by atoms with Crippen molar-refractivity contribution in [2.45, 2.75) is 16.3 Å². The van der Waals surface area contributed by atoms with Crippen LogP contribution >= 0.6 is 23.1 Å². The van der Waals surface area contributed by atoms with Crippen LogP contribution in [0.1, 0.15) is 5.01 Å². The van der Waals surface area contributed by atoms with E-state index in [9.17, 15) is 10.1 Å². The Bertz CT molecular complexity index is 571. The van der Waals surface area contributed by atoms with Crippen LogP contribution in [0.3, 0.4) is 0 Å². The predicted octanol–water partition coefficient (Wildman–Crippen LogP) is 1.88. The van der Waals surface area contributed by atoms with E-state index < -0.39 is 4.92 Å². The molecule has 0 bridgehead atoms. The molecule has 0 amide bonds. The van der Waals surface area contributed by atoms with Crippen molar-refractivity contribution < 1.29 is 4.92 Å². The Morgan fingerprint density at radius 2 is 2.24 bits per heavy atom. The maximum absolute atomic E-state index is 10.6. The lowest BCUT2D eigenvalue weighted by atomic mass is 10.4. The third-order valence-corrected chi connectivity index (χ3v) is 3.52. The molecular formula is C8H7N5O2S2. The van der Waals surface area contributed by atoms with Gasteiger partial charge in [-0.15, -0.1) is 10.2 Å². The molecule has 0 unspecified atom stereocenters.